The molecule has 0 spiro atoms. The van der Waals surface area contributed by atoms with Gasteiger partial charge in [0.05, 0.1) is 0 Å². The molecule has 1 atom stereocenters. The Kier molecular flexibility index (Phi) is 2.69. The largest absolute Gasteiger partial charge is 0.379 e. The molecule has 0 aromatic carbocycles. The minimum Gasteiger partial charge on any atom is -0.379 e. The molecule has 1 N–H and O–H groups in total. The number of aliphatic hydroxyl groups is 1. The summed E-state index contributed by atoms with van der Waals surface area (Å²) in [4.78, 5) is 2.00. The van der Waals surface area contributed by atoms with E-state index < -0.39 is 0 Å². The van der Waals surface area contributed by atoms with Gasteiger partial charge in [0.25, 0.3) is 0 Å². The number of nitrogens with zero attached hydrogens (tertiary/aromatic N) is 1. The smallest absolute Gasteiger partial charge is 0.104 e. The van der Waals surface area contributed by atoms with Crippen molar-refractivity contribution in [2.75, 3.05) is 13.6 Å². The van der Waals surface area contributed by atoms with Crippen molar-refractivity contribution in [3.05, 3.63) is 0 Å². The molecule has 2 nitrogen and oxygen atoms in total. The van der Waals surface area contributed by atoms with Gasteiger partial charge in [-0.25, -0.2) is 0 Å². The summed E-state index contributed by atoms with van der Waals surface area (Å²) in [5.41, 5.74) is 0. The van der Waals surface area contributed by atoms with Gasteiger partial charge in [-0.05, 0) is 32.7 Å². The molecular weight excluding hydrogens is 126 g/mol. The monoisotopic (exact) mass is 143 g/mol. The molecule has 1 fully saturated rings. The summed E-state index contributed by atoms with van der Waals surface area (Å²) in [6, 6.07) is 0. The summed E-state index contributed by atoms with van der Waals surface area (Å²) in [6.07, 6.45) is 3.83. The quantitative estimate of drug-likeness (QED) is 0.597. The Balaban J connectivity index is 2.10. The minimum absolute atomic E-state index is 0.277. The van der Waals surface area contributed by atoms with Crippen LogP contribution in [0.25, 0.3) is 0 Å². The van der Waals surface area contributed by atoms with Crippen molar-refractivity contribution in [3.8, 4) is 0 Å². The van der Waals surface area contributed by atoms with Crippen LogP contribution in [-0.2, 0) is 0 Å². The first-order valence-corrected chi connectivity index (χ1v) is 4.08. The summed E-state index contributed by atoms with van der Waals surface area (Å²) in [6.45, 7) is 2.89. The van der Waals surface area contributed by atoms with Crippen LogP contribution in [0.2, 0.25) is 0 Å². The molecule has 0 bridgehead atoms. The first kappa shape index (κ1) is 8.02. The first-order chi connectivity index (χ1) is 4.70. The molecule has 0 aromatic rings. The van der Waals surface area contributed by atoms with E-state index in [4.69, 9.17) is 5.11 Å². The van der Waals surface area contributed by atoms with E-state index in [1.165, 1.54) is 19.3 Å². The lowest BCUT2D eigenvalue weighted by molar-refractivity contribution is 0.0188. The zero-order chi connectivity index (χ0) is 7.56. The van der Waals surface area contributed by atoms with E-state index in [2.05, 4.69) is 0 Å². The maximum atomic E-state index is 9.12. The molecule has 0 heterocycles. The average molecular weight is 143 g/mol. The van der Waals surface area contributed by atoms with Crippen LogP contribution >= 0.6 is 0 Å². The van der Waals surface area contributed by atoms with Gasteiger partial charge in [0.2, 0.25) is 0 Å². The summed E-state index contributed by atoms with van der Waals surface area (Å²) in [5, 5.41) is 9.12. The molecule has 10 heavy (non-hydrogen) atoms. The highest BCUT2D eigenvalue weighted by atomic mass is 16.3. The molecule has 1 rings (SSSR count). The van der Waals surface area contributed by atoms with Gasteiger partial charge in [-0.1, -0.05) is 6.42 Å². The number of aliphatic hydroxyl groups excluding tert-OH is 1. The first-order valence-electron chi connectivity index (χ1n) is 4.08. The van der Waals surface area contributed by atoms with Gasteiger partial charge in [0.1, 0.15) is 6.23 Å². The molecule has 1 unspecified atom stereocenters. The zero-order valence-electron chi connectivity index (χ0n) is 6.88. The van der Waals surface area contributed by atoms with Crippen molar-refractivity contribution >= 4 is 0 Å². The van der Waals surface area contributed by atoms with E-state index >= 15 is 0 Å². The second-order valence-corrected chi connectivity index (χ2v) is 3.37. The molecular formula is C8H17NO. The number of rotatable bonds is 3. The van der Waals surface area contributed by atoms with Crippen molar-refractivity contribution in [1.29, 1.82) is 0 Å². The standard InChI is InChI=1S/C8H17NO/c1-7(10)9(2)6-8-4-3-5-8/h7-8,10H,3-6H2,1-2H3. The second-order valence-electron chi connectivity index (χ2n) is 3.37. The van der Waals surface area contributed by atoms with Crippen LogP contribution in [0.1, 0.15) is 26.2 Å². The summed E-state index contributed by atoms with van der Waals surface area (Å²) >= 11 is 0. The molecule has 0 amide bonds. The highest BCUT2D eigenvalue weighted by Gasteiger charge is 2.19. The van der Waals surface area contributed by atoms with E-state index in [-0.39, 0.29) is 6.23 Å². The molecule has 60 valence electrons. The molecule has 1 aliphatic carbocycles. The van der Waals surface area contributed by atoms with E-state index in [9.17, 15) is 0 Å². The van der Waals surface area contributed by atoms with Gasteiger partial charge in [0.15, 0.2) is 0 Å². The Hall–Kier alpha value is -0.0800. The van der Waals surface area contributed by atoms with Gasteiger partial charge >= 0.3 is 0 Å². The van der Waals surface area contributed by atoms with Crippen LogP contribution in [0, 0.1) is 5.92 Å². The topological polar surface area (TPSA) is 23.5 Å². The van der Waals surface area contributed by atoms with Gasteiger partial charge in [0, 0.05) is 6.54 Å². The molecule has 1 aliphatic rings. The number of hydrogen-bond acceptors (Lipinski definition) is 2. The van der Waals surface area contributed by atoms with Gasteiger partial charge in [-0.2, -0.15) is 0 Å². The van der Waals surface area contributed by atoms with Crippen LogP contribution in [0.5, 0.6) is 0 Å². The van der Waals surface area contributed by atoms with Gasteiger partial charge in [-0.15, -0.1) is 0 Å². The van der Waals surface area contributed by atoms with E-state index in [1.54, 1.807) is 0 Å². The van der Waals surface area contributed by atoms with E-state index in [0.717, 1.165) is 12.5 Å². The van der Waals surface area contributed by atoms with Crippen LogP contribution in [0.15, 0.2) is 0 Å². The predicted octanol–water partition coefficient (Wildman–Crippen LogP) is 1.06. The van der Waals surface area contributed by atoms with Crippen molar-refractivity contribution in [3.63, 3.8) is 0 Å². The SMILES string of the molecule is CC(O)N(C)CC1CCC1. The number of hydrogen-bond donors (Lipinski definition) is 1. The van der Waals surface area contributed by atoms with Crippen LogP contribution < -0.4 is 0 Å². The maximum Gasteiger partial charge on any atom is 0.104 e. The molecule has 0 radical (unpaired) electrons. The average Bonchev–Trinajstić information content (AvgIpc) is 1.77. The lowest BCUT2D eigenvalue weighted by Gasteiger charge is -2.31. The van der Waals surface area contributed by atoms with E-state index in [0.29, 0.717) is 0 Å². The van der Waals surface area contributed by atoms with Crippen LogP contribution in [-0.4, -0.2) is 29.8 Å². The second kappa shape index (κ2) is 3.35. The lowest BCUT2D eigenvalue weighted by Crippen LogP contribution is -2.35. The Labute approximate surface area is 62.8 Å². The highest BCUT2D eigenvalue weighted by Crippen LogP contribution is 2.26. The Morgan fingerprint density at radius 3 is 2.50 bits per heavy atom. The molecule has 0 aliphatic heterocycles. The fraction of sp³-hybridized carbons (Fsp3) is 1.00. The van der Waals surface area contributed by atoms with Gasteiger partial charge < -0.3 is 5.11 Å². The van der Waals surface area contributed by atoms with Crippen LogP contribution in [0.3, 0.4) is 0 Å². The highest BCUT2D eigenvalue weighted by molar-refractivity contribution is 4.72. The van der Waals surface area contributed by atoms with E-state index in [1.807, 2.05) is 18.9 Å². The maximum absolute atomic E-state index is 9.12. The zero-order valence-corrected chi connectivity index (χ0v) is 6.88. The van der Waals surface area contributed by atoms with Crippen molar-refractivity contribution in [1.82, 2.24) is 4.90 Å². The Morgan fingerprint density at radius 1 is 1.60 bits per heavy atom. The normalized spacial score (nSPS) is 22.8. The summed E-state index contributed by atoms with van der Waals surface area (Å²) in [7, 11) is 1.98. The Bertz CT molecular complexity index is 99.4. The fourth-order valence-electron chi connectivity index (χ4n) is 1.24. The van der Waals surface area contributed by atoms with Gasteiger partial charge in [-0.3, -0.25) is 4.90 Å². The predicted molar refractivity (Wildman–Crippen MR) is 41.7 cm³/mol. The molecule has 0 saturated heterocycles. The fourth-order valence-corrected chi connectivity index (χ4v) is 1.24. The summed E-state index contributed by atoms with van der Waals surface area (Å²) < 4.78 is 0. The Morgan fingerprint density at radius 2 is 2.20 bits per heavy atom. The van der Waals surface area contributed by atoms with Crippen molar-refractivity contribution < 1.29 is 5.11 Å². The van der Waals surface area contributed by atoms with Crippen molar-refractivity contribution in [2.45, 2.75) is 32.4 Å². The van der Waals surface area contributed by atoms with Crippen molar-refractivity contribution in [2.24, 2.45) is 5.92 Å². The summed E-state index contributed by atoms with van der Waals surface area (Å²) in [5.74, 6) is 0.861. The lowest BCUT2D eigenvalue weighted by atomic mass is 9.85. The van der Waals surface area contributed by atoms with Crippen LogP contribution in [0.4, 0.5) is 0 Å². The third kappa shape index (κ3) is 1.96. The molecule has 2 heteroatoms. The third-order valence-corrected chi connectivity index (χ3v) is 2.41. The third-order valence-electron chi connectivity index (χ3n) is 2.41. The minimum atomic E-state index is -0.277. The molecule has 1 saturated carbocycles. The molecule has 0 aromatic heterocycles.